The summed E-state index contributed by atoms with van der Waals surface area (Å²) in [7, 11) is -1.57. The van der Waals surface area contributed by atoms with Crippen molar-refractivity contribution < 1.29 is 13.5 Å². The van der Waals surface area contributed by atoms with E-state index in [2.05, 4.69) is 0 Å². The van der Waals surface area contributed by atoms with Gasteiger partial charge in [0.1, 0.15) is 0 Å². The van der Waals surface area contributed by atoms with E-state index in [4.69, 9.17) is 5.11 Å². The number of hydrogen-bond acceptors (Lipinski definition) is 3. The van der Waals surface area contributed by atoms with Gasteiger partial charge in [0, 0.05) is 32.8 Å². The van der Waals surface area contributed by atoms with Gasteiger partial charge in [-0.3, -0.25) is 0 Å². The molecule has 2 aliphatic rings. The largest absolute Gasteiger partial charge is 0.396 e. The van der Waals surface area contributed by atoms with Gasteiger partial charge in [-0.1, -0.05) is 6.42 Å². The smallest absolute Gasteiger partial charge is 0.281 e. The van der Waals surface area contributed by atoms with E-state index >= 15 is 0 Å². The maximum atomic E-state index is 12.5. The van der Waals surface area contributed by atoms with E-state index in [9.17, 15) is 8.42 Å². The van der Waals surface area contributed by atoms with Crippen LogP contribution in [0.15, 0.2) is 0 Å². The maximum absolute atomic E-state index is 12.5. The average Bonchev–Trinajstić information content (AvgIpc) is 2.47. The van der Waals surface area contributed by atoms with Crippen LogP contribution in [-0.2, 0) is 10.2 Å². The maximum Gasteiger partial charge on any atom is 0.281 e. The first kappa shape index (κ1) is 15.2. The fourth-order valence-electron chi connectivity index (χ4n) is 3.16. The van der Waals surface area contributed by atoms with Crippen molar-refractivity contribution in [1.82, 2.24) is 8.61 Å². The number of hydrogen-bond donors (Lipinski definition) is 1. The van der Waals surface area contributed by atoms with Crippen molar-refractivity contribution in [3.05, 3.63) is 0 Å². The first-order valence-electron chi connectivity index (χ1n) is 7.39. The van der Waals surface area contributed by atoms with Crippen LogP contribution in [0.1, 0.15) is 44.9 Å². The topological polar surface area (TPSA) is 60.9 Å². The van der Waals surface area contributed by atoms with Crippen molar-refractivity contribution in [1.29, 1.82) is 0 Å². The molecule has 1 N–H and O–H groups in total. The van der Waals surface area contributed by atoms with Gasteiger partial charge < -0.3 is 5.11 Å². The average molecular weight is 290 g/mol. The fraction of sp³-hybridized carbons (Fsp3) is 1.00. The summed E-state index contributed by atoms with van der Waals surface area (Å²) in [6.45, 7) is 1.56. The summed E-state index contributed by atoms with van der Waals surface area (Å²) in [6, 6.07) is 0.106. The molecule has 1 aliphatic carbocycles. The van der Waals surface area contributed by atoms with Gasteiger partial charge in [0.05, 0.1) is 0 Å². The minimum atomic E-state index is -3.28. The zero-order valence-electron chi connectivity index (χ0n) is 11.8. The van der Waals surface area contributed by atoms with Crippen molar-refractivity contribution in [2.24, 2.45) is 5.92 Å². The lowest BCUT2D eigenvalue weighted by molar-refractivity contribution is 0.155. The second-order valence-corrected chi connectivity index (χ2v) is 7.83. The molecule has 1 heterocycles. The number of piperidine rings is 1. The minimum absolute atomic E-state index is 0.106. The van der Waals surface area contributed by atoms with Gasteiger partial charge in [0.2, 0.25) is 0 Å². The lowest BCUT2D eigenvalue weighted by Crippen LogP contribution is -2.49. The van der Waals surface area contributed by atoms with Crippen LogP contribution in [-0.4, -0.2) is 54.9 Å². The normalized spacial score (nSPS) is 30.7. The first-order valence-corrected chi connectivity index (χ1v) is 8.79. The van der Waals surface area contributed by atoms with Gasteiger partial charge in [-0.25, -0.2) is 0 Å². The lowest BCUT2D eigenvalue weighted by atomic mass is 9.87. The SMILES string of the molecule is CN(C1CCC(CO)CC1)S(=O)(=O)N1CCCCC1. The van der Waals surface area contributed by atoms with Crippen LogP contribution in [0.25, 0.3) is 0 Å². The van der Waals surface area contributed by atoms with E-state index in [1.54, 1.807) is 15.7 Å². The fourth-order valence-corrected chi connectivity index (χ4v) is 4.83. The molecular weight excluding hydrogens is 264 g/mol. The van der Waals surface area contributed by atoms with Crippen molar-refractivity contribution in [3.8, 4) is 0 Å². The predicted octanol–water partition coefficient (Wildman–Crippen LogP) is 1.20. The molecule has 112 valence electrons. The van der Waals surface area contributed by atoms with E-state index in [0.717, 1.165) is 44.9 Å². The predicted molar refractivity (Wildman–Crippen MR) is 74.9 cm³/mol. The van der Waals surface area contributed by atoms with Crippen molar-refractivity contribution >= 4 is 10.2 Å². The highest BCUT2D eigenvalue weighted by Crippen LogP contribution is 2.29. The number of rotatable bonds is 4. The molecule has 0 amide bonds. The van der Waals surface area contributed by atoms with E-state index < -0.39 is 10.2 Å². The zero-order valence-corrected chi connectivity index (χ0v) is 12.6. The van der Waals surface area contributed by atoms with Crippen LogP contribution < -0.4 is 0 Å². The molecule has 5 nitrogen and oxygen atoms in total. The van der Waals surface area contributed by atoms with Gasteiger partial charge in [-0.05, 0) is 44.4 Å². The molecule has 2 rings (SSSR count). The summed E-state index contributed by atoms with van der Waals surface area (Å²) < 4.78 is 28.3. The van der Waals surface area contributed by atoms with Crippen molar-refractivity contribution in [2.45, 2.75) is 51.0 Å². The van der Waals surface area contributed by atoms with Crippen LogP contribution in [0.2, 0.25) is 0 Å². The molecule has 1 saturated carbocycles. The second kappa shape index (κ2) is 6.52. The molecule has 19 heavy (non-hydrogen) atoms. The Morgan fingerprint density at radius 3 is 2.21 bits per heavy atom. The van der Waals surface area contributed by atoms with Crippen LogP contribution in [0.5, 0.6) is 0 Å². The summed E-state index contributed by atoms with van der Waals surface area (Å²) in [5.41, 5.74) is 0. The minimum Gasteiger partial charge on any atom is -0.396 e. The summed E-state index contributed by atoms with van der Waals surface area (Å²) in [5, 5.41) is 9.14. The van der Waals surface area contributed by atoms with Gasteiger partial charge in [0.25, 0.3) is 10.2 Å². The molecule has 0 spiro atoms. The quantitative estimate of drug-likeness (QED) is 0.846. The van der Waals surface area contributed by atoms with E-state index in [1.165, 1.54) is 0 Å². The number of nitrogens with zero attached hydrogens (tertiary/aromatic N) is 2. The van der Waals surface area contributed by atoms with Gasteiger partial charge in [-0.2, -0.15) is 17.0 Å². The van der Waals surface area contributed by atoms with Crippen LogP contribution in [0.4, 0.5) is 0 Å². The van der Waals surface area contributed by atoms with E-state index in [-0.39, 0.29) is 12.6 Å². The Kier molecular flexibility index (Phi) is 5.22. The molecule has 1 aliphatic heterocycles. The molecule has 6 heteroatoms. The molecule has 0 aromatic heterocycles. The van der Waals surface area contributed by atoms with E-state index in [0.29, 0.717) is 19.0 Å². The highest BCUT2D eigenvalue weighted by molar-refractivity contribution is 7.86. The summed E-state index contributed by atoms with van der Waals surface area (Å²) >= 11 is 0. The summed E-state index contributed by atoms with van der Waals surface area (Å²) in [6.07, 6.45) is 6.69. The van der Waals surface area contributed by atoms with Gasteiger partial charge in [0.15, 0.2) is 0 Å². The second-order valence-electron chi connectivity index (χ2n) is 5.84. The monoisotopic (exact) mass is 290 g/mol. The highest BCUT2D eigenvalue weighted by atomic mass is 32.2. The van der Waals surface area contributed by atoms with Crippen LogP contribution in [0, 0.1) is 5.92 Å². The summed E-state index contributed by atoms with van der Waals surface area (Å²) in [4.78, 5) is 0. The molecule has 0 bridgehead atoms. The molecule has 0 aromatic rings. The molecule has 0 unspecified atom stereocenters. The van der Waals surface area contributed by atoms with Gasteiger partial charge in [-0.15, -0.1) is 0 Å². The molecular formula is C13H26N2O3S. The van der Waals surface area contributed by atoms with Crippen LogP contribution in [0.3, 0.4) is 0 Å². The first-order chi connectivity index (χ1) is 9.05. The standard InChI is InChI=1S/C13H26N2O3S/c1-14(13-7-5-12(11-16)6-8-13)19(17,18)15-9-3-2-4-10-15/h12-13,16H,2-11H2,1H3. The zero-order chi connectivity index (χ0) is 13.9. The Labute approximate surface area is 116 Å². The Hall–Kier alpha value is -0.170. The molecule has 2 fully saturated rings. The third-order valence-corrected chi connectivity index (χ3v) is 6.64. The molecule has 0 radical (unpaired) electrons. The highest BCUT2D eigenvalue weighted by Gasteiger charge is 2.34. The third kappa shape index (κ3) is 3.48. The Bertz CT molecular complexity index is 371. The Morgan fingerprint density at radius 2 is 1.68 bits per heavy atom. The summed E-state index contributed by atoms with van der Waals surface area (Å²) in [5.74, 6) is 0.363. The molecule has 0 aromatic carbocycles. The third-order valence-electron chi connectivity index (χ3n) is 4.59. The Morgan fingerprint density at radius 1 is 1.11 bits per heavy atom. The van der Waals surface area contributed by atoms with Crippen molar-refractivity contribution in [3.63, 3.8) is 0 Å². The van der Waals surface area contributed by atoms with Crippen LogP contribution >= 0.6 is 0 Å². The van der Waals surface area contributed by atoms with E-state index in [1.807, 2.05) is 0 Å². The van der Waals surface area contributed by atoms with Crippen molar-refractivity contribution in [2.75, 3.05) is 26.7 Å². The number of aliphatic hydroxyl groups is 1. The lowest BCUT2D eigenvalue weighted by Gasteiger charge is -2.37. The molecule has 0 atom stereocenters. The number of aliphatic hydroxyl groups excluding tert-OH is 1. The molecule has 1 saturated heterocycles. The van der Waals surface area contributed by atoms with Gasteiger partial charge >= 0.3 is 0 Å². The Balaban J connectivity index is 1.96.